The Bertz CT molecular complexity index is 728. The van der Waals surface area contributed by atoms with E-state index in [-0.39, 0.29) is 0 Å². The molecule has 1 fully saturated rings. The van der Waals surface area contributed by atoms with Crippen molar-refractivity contribution in [3.63, 3.8) is 0 Å². The first kappa shape index (κ1) is 17.9. The molecule has 134 valence electrons. The minimum atomic E-state index is 0.787. The Morgan fingerprint density at radius 3 is 2.28 bits per heavy atom. The Hall–Kier alpha value is -1.91. The normalized spacial score (nSPS) is 15.3. The molecule has 0 saturated carbocycles. The van der Waals surface area contributed by atoms with Crippen molar-refractivity contribution in [3.8, 4) is 11.5 Å². The number of methoxy groups -OCH3 is 2. The summed E-state index contributed by atoms with van der Waals surface area (Å²) in [5.74, 6) is 1.58. The second-order valence-corrected chi connectivity index (χ2v) is 6.81. The highest BCUT2D eigenvalue weighted by Crippen LogP contribution is 2.31. The standard InChI is InChI=1S/C20H25ClN2O2/c1-15-11-19(24-2)20(25-3)12-16(15)14-22-7-9-23(10-8-22)18-6-4-5-17(21)13-18/h4-6,11-13H,7-10,14H2,1-3H3. The van der Waals surface area contributed by atoms with Crippen LogP contribution in [0.15, 0.2) is 36.4 Å². The molecule has 3 rings (SSSR count). The van der Waals surface area contributed by atoms with Crippen LogP contribution in [-0.2, 0) is 6.54 Å². The number of ether oxygens (including phenoxy) is 2. The molecule has 0 unspecified atom stereocenters. The number of hydrogen-bond acceptors (Lipinski definition) is 4. The second kappa shape index (κ2) is 7.98. The molecular formula is C20H25ClN2O2. The molecule has 1 aliphatic rings. The van der Waals surface area contributed by atoms with Crippen LogP contribution in [0.3, 0.4) is 0 Å². The van der Waals surface area contributed by atoms with Gasteiger partial charge in [-0.3, -0.25) is 4.90 Å². The van der Waals surface area contributed by atoms with Gasteiger partial charge in [0.25, 0.3) is 0 Å². The first-order valence-corrected chi connectivity index (χ1v) is 8.93. The van der Waals surface area contributed by atoms with Crippen LogP contribution in [0, 0.1) is 6.92 Å². The van der Waals surface area contributed by atoms with Gasteiger partial charge in [-0.25, -0.2) is 0 Å². The molecule has 0 atom stereocenters. The van der Waals surface area contributed by atoms with Gasteiger partial charge in [0.15, 0.2) is 11.5 Å². The largest absolute Gasteiger partial charge is 0.493 e. The molecule has 1 saturated heterocycles. The number of benzene rings is 2. The van der Waals surface area contributed by atoms with Gasteiger partial charge in [0.1, 0.15) is 0 Å². The van der Waals surface area contributed by atoms with E-state index in [4.69, 9.17) is 21.1 Å². The fraction of sp³-hybridized carbons (Fsp3) is 0.400. The van der Waals surface area contributed by atoms with Crippen LogP contribution in [0.1, 0.15) is 11.1 Å². The van der Waals surface area contributed by atoms with E-state index >= 15 is 0 Å². The van der Waals surface area contributed by atoms with Crippen LogP contribution in [0.25, 0.3) is 0 Å². The van der Waals surface area contributed by atoms with E-state index in [1.807, 2.05) is 18.2 Å². The van der Waals surface area contributed by atoms with Gasteiger partial charge >= 0.3 is 0 Å². The Labute approximate surface area is 154 Å². The van der Waals surface area contributed by atoms with E-state index in [1.165, 1.54) is 16.8 Å². The third-order valence-electron chi connectivity index (χ3n) is 4.78. The van der Waals surface area contributed by atoms with Crippen molar-refractivity contribution in [2.75, 3.05) is 45.3 Å². The first-order chi connectivity index (χ1) is 12.1. The summed E-state index contributed by atoms with van der Waals surface area (Å²) < 4.78 is 10.8. The van der Waals surface area contributed by atoms with Gasteiger partial charge in [-0.15, -0.1) is 0 Å². The van der Waals surface area contributed by atoms with Crippen molar-refractivity contribution in [1.29, 1.82) is 0 Å². The van der Waals surface area contributed by atoms with Gasteiger partial charge in [0.2, 0.25) is 0 Å². The van der Waals surface area contributed by atoms with E-state index in [9.17, 15) is 0 Å². The van der Waals surface area contributed by atoms with E-state index in [1.54, 1.807) is 14.2 Å². The molecule has 0 amide bonds. The molecule has 25 heavy (non-hydrogen) atoms. The maximum absolute atomic E-state index is 6.11. The second-order valence-electron chi connectivity index (χ2n) is 6.38. The molecule has 0 bridgehead atoms. The number of rotatable bonds is 5. The molecule has 0 spiro atoms. The predicted molar refractivity (Wildman–Crippen MR) is 103 cm³/mol. The quantitative estimate of drug-likeness (QED) is 0.805. The zero-order valence-electron chi connectivity index (χ0n) is 15.1. The van der Waals surface area contributed by atoms with Gasteiger partial charge in [0.05, 0.1) is 14.2 Å². The summed E-state index contributed by atoms with van der Waals surface area (Å²) in [6, 6.07) is 12.2. The molecule has 2 aromatic rings. The summed E-state index contributed by atoms with van der Waals surface area (Å²) in [5.41, 5.74) is 3.72. The predicted octanol–water partition coefficient (Wildman–Crippen LogP) is 3.99. The van der Waals surface area contributed by atoms with Gasteiger partial charge in [-0.2, -0.15) is 0 Å². The lowest BCUT2D eigenvalue weighted by Crippen LogP contribution is -2.46. The van der Waals surface area contributed by atoms with Crippen LogP contribution >= 0.6 is 11.6 Å². The molecule has 0 aromatic heterocycles. The lowest BCUT2D eigenvalue weighted by Gasteiger charge is -2.36. The summed E-state index contributed by atoms with van der Waals surface area (Å²) in [7, 11) is 3.35. The highest BCUT2D eigenvalue weighted by molar-refractivity contribution is 6.30. The summed E-state index contributed by atoms with van der Waals surface area (Å²) in [6.45, 7) is 7.12. The molecule has 2 aromatic carbocycles. The molecule has 0 N–H and O–H groups in total. The zero-order valence-corrected chi connectivity index (χ0v) is 15.8. The van der Waals surface area contributed by atoms with Crippen molar-refractivity contribution in [3.05, 3.63) is 52.5 Å². The Morgan fingerprint density at radius 1 is 0.960 bits per heavy atom. The number of nitrogens with zero attached hydrogens (tertiary/aromatic N) is 2. The average Bonchev–Trinajstić information content (AvgIpc) is 2.63. The SMILES string of the molecule is COc1cc(C)c(CN2CCN(c3cccc(Cl)c3)CC2)cc1OC. The highest BCUT2D eigenvalue weighted by atomic mass is 35.5. The maximum atomic E-state index is 6.11. The zero-order chi connectivity index (χ0) is 17.8. The number of halogens is 1. The Morgan fingerprint density at radius 2 is 1.64 bits per heavy atom. The third-order valence-corrected chi connectivity index (χ3v) is 5.02. The highest BCUT2D eigenvalue weighted by Gasteiger charge is 2.19. The monoisotopic (exact) mass is 360 g/mol. The topological polar surface area (TPSA) is 24.9 Å². The van der Waals surface area contributed by atoms with Crippen LogP contribution < -0.4 is 14.4 Å². The molecule has 1 aliphatic heterocycles. The Kier molecular flexibility index (Phi) is 5.71. The van der Waals surface area contributed by atoms with Gasteiger partial charge in [0, 0.05) is 43.4 Å². The van der Waals surface area contributed by atoms with E-state index in [0.717, 1.165) is 49.2 Å². The van der Waals surface area contributed by atoms with Crippen LogP contribution in [0.2, 0.25) is 5.02 Å². The minimum absolute atomic E-state index is 0.787. The molecule has 5 heteroatoms. The molecule has 0 radical (unpaired) electrons. The van der Waals surface area contributed by atoms with Crippen molar-refractivity contribution >= 4 is 17.3 Å². The van der Waals surface area contributed by atoms with E-state index in [2.05, 4.69) is 34.9 Å². The Balaban J connectivity index is 1.64. The van der Waals surface area contributed by atoms with Gasteiger partial charge in [-0.05, 0) is 48.4 Å². The lowest BCUT2D eigenvalue weighted by atomic mass is 10.1. The minimum Gasteiger partial charge on any atom is -0.493 e. The molecule has 0 aliphatic carbocycles. The molecular weight excluding hydrogens is 336 g/mol. The smallest absolute Gasteiger partial charge is 0.161 e. The number of aryl methyl sites for hydroxylation is 1. The lowest BCUT2D eigenvalue weighted by molar-refractivity contribution is 0.249. The average molecular weight is 361 g/mol. The van der Waals surface area contributed by atoms with Crippen LogP contribution in [0.4, 0.5) is 5.69 Å². The van der Waals surface area contributed by atoms with Crippen LogP contribution in [0.5, 0.6) is 11.5 Å². The maximum Gasteiger partial charge on any atom is 0.161 e. The summed E-state index contributed by atoms with van der Waals surface area (Å²) >= 11 is 6.11. The fourth-order valence-corrected chi connectivity index (χ4v) is 3.46. The van der Waals surface area contributed by atoms with Crippen LogP contribution in [-0.4, -0.2) is 45.3 Å². The van der Waals surface area contributed by atoms with Crippen molar-refractivity contribution in [1.82, 2.24) is 4.90 Å². The van der Waals surface area contributed by atoms with Gasteiger partial charge < -0.3 is 14.4 Å². The van der Waals surface area contributed by atoms with Gasteiger partial charge in [-0.1, -0.05) is 17.7 Å². The molecule has 4 nitrogen and oxygen atoms in total. The summed E-state index contributed by atoms with van der Waals surface area (Å²) in [6.07, 6.45) is 0. The number of piperazine rings is 1. The van der Waals surface area contributed by atoms with Crippen molar-refractivity contribution in [2.24, 2.45) is 0 Å². The number of anilines is 1. The van der Waals surface area contributed by atoms with Crippen molar-refractivity contribution in [2.45, 2.75) is 13.5 Å². The summed E-state index contributed by atoms with van der Waals surface area (Å²) in [4.78, 5) is 4.87. The van der Waals surface area contributed by atoms with E-state index < -0.39 is 0 Å². The van der Waals surface area contributed by atoms with E-state index in [0.29, 0.717) is 0 Å². The fourth-order valence-electron chi connectivity index (χ4n) is 3.27. The van der Waals surface area contributed by atoms with Crippen molar-refractivity contribution < 1.29 is 9.47 Å². The third kappa shape index (κ3) is 4.20. The number of hydrogen-bond donors (Lipinski definition) is 0. The first-order valence-electron chi connectivity index (χ1n) is 8.55. The summed E-state index contributed by atoms with van der Waals surface area (Å²) in [5, 5.41) is 0.792. The molecule has 1 heterocycles.